The van der Waals surface area contributed by atoms with E-state index in [4.69, 9.17) is 0 Å². The summed E-state index contributed by atoms with van der Waals surface area (Å²) in [5, 5.41) is 18.5. The number of nitrogens with one attached hydrogen (secondary N) is 1. The van der Waals surface area contributed by atoms with Crippen LogP contribution >= 0.6 is 11.8 Å². The van der Waals surface area contributed by atoms with Gasteiger partial charge in [0, 0.05) is 5.56 Å². The monoisotopic (exact) mass is 638 g/mol. The van der Waals surface area contributed by atoms with Gasteiger partial charge < -0.3 is 9.84 Å². The van der Waals surface area contributed by atoms with Gasteiger partial charge in [0.2, 0.25) is 12.3 Å². The summed E-state index contributed by atoms with van der Waals surface area (Å²) >= 11 is 1.32. The summed E-state index contributed by atoms with van der Waals surface area (Å²) < 4.78 is 42.6. The van der Waals surface area contributed by atoms with Gasteiger partial charge in [-0.15, -0.1) is 18.3 Å². The second-order valence-electron chi connectivity index (χ2n) is 10.7. The predicted molar refractivity (Wildman–Crippen MR) is 168 cm³/mol. The van der Waals surface area contributed by atoms with Gasteiger partial charge >= 0.3 is 6.36 Å². The summed E-state index contributed by atoms with van der Waals surface area (Å²) in [6.07, 6.45) is -1.83. The van der Waals surface area contributed by atoms with Crippen molar-refractivity contribution in [3.05, 3.63) is 90.3 Å². The lowest BCUT2D eigenvalue weighted by Crippen LogP contribution is -2.34. The largest absolute Gasteiger partial charge is 0.573 e. The van der Waals surface area contributed by atoms with Crippen LogP contribution in [0.5, 0.6) is 5.75 Å². The van der Waals surface area contributed by atoms with Crippen molar-refractivity contribution in [3.8, 4) is 22.8 Å². The molecular weight excluding hydrogens is 605 g/mol. The number of aryl methyl sites for hydroxylation is 1. The number of aliphatic hydroxyl groups excluding tert-OH is 1. The molecule has 1 aliphatic rings. The molecule has 3 aromatic carbocycles. The Balaban J connectivity index is 1.08. The summed E-state index contributed by atoms with van der Waals surface area (Å²) in [6.45, 7) is 4.71. The minimum absolute atomic E-state index is 0.0534. The van der Waals surface area contributed by atoms with Crippen LogP contribution < -0.4 is 15.0 Å². The van der Waals surface area contributed by atoms with Gasteiger partial charge in [0.25, 0.3) is 0 Å². The average molecular weight is 639 g/mol. The fraction of sp³-hybridized carbons (Fsp3) is 0.312. The van der Waals surface area contributed by atoms with Crippen LogP contribution in [-0.2, 0) is 11.2 Å². The molecule has 236 valence electrons. The number of halogens is 3. The van der Waals surface area contributed by atoms with E-state index in [1.165, 1.54) is 47.0 Å². The number of para-hydroxylation sites is 1. The molecule has 45 heavy (non-hydrogen) atoms. The van der Waals surface area contributed by atoms with E-state index >= 15 is 0 Å². The van der Waals surface area contributed by atoms with Gasteiger partial charge in [-0.1, -0.05) is 68.1 Å². The van der Waals surface area contributed by atoms with Crippen molar-refractivity contribution in [3.63, 3.8) is 0 Å². The Labute approximate surface area is 263 Å². The number of hydrogen-bond acceptors (Lipinski definition) is 8. The molecule has 1 aliphatic heterocycles. The molecule has 1 fully saturated rings. The zero-order chi connectivity index (χ0) is 32.0. The molecule has 0 bridgehead atoms. The molecule has 9 nitrogen and oxygen atoms in total. The Hall–Kier alpha value is -4.20. The predicted octanol–water partition coefficient (Wildman–Crippen LogP) is 6.28. The molecule has 0 spiro atoms. The van der Waals surface area contributed by atoms with E-state index in [1.54, 1.807) is 4.90 Å². The van der Waals surface area contributed by atoms with Crippen molar-refractivity contribution in [2.75, 3.05) is 17.2 Å². The highest BCUT2D eigenvalue weighted by Crippen LogP contribution is 2.33. The number of rotatable bonds is 12. The van der Waals surface area contributed by atoms with Gasteiger partial charge in [-0.3, -0.25) is 15.0 Å². The number of benzene rings is 3. The van der Waals surface area contributed by atoms with Gasteiger partial charge in [-0.25, -0.2) is 14.7 Å². The molecule has 4 aromatic rings. The molecule has 1 unspecified atom stereocenters. The Morgan fingerprint density at radius 3 is 2.49 bits per heavy atom. The molecule has 0 saturated carbocycles. The first-order valence-electron chi connectivity index (χ1n) is 14.5. The lowest BCUT2D eigenvalue weighted by molar-refractivity contribution is -0.274. The van der Waals surface area contributed by atoms with Crippen LogP contribution in [0.15, 0.2) is 84.1 Å². The second-order valence-corrected chi connectivity index (χ2v) is 11.6. The third-order valence-electron chi connectivity index (χ3n) is 7.06. The highest BCUT2D eigenvalue weighted by atomic mass is 32.2. The fourth-order valence-electron chi connectivity index (χ4n) is 4.85. The number of aromatic nitrogens is 3. The number of nitrogens with zero attached hydrogens (tertiary/aromatic N) is 5. The standard InChI is InChI=1S/C32H33F3N6O3S/c1-21(2)26-8-3-4-9-27(26)41-28(42)19-45-31(41)38-30(43)36-18-6-5-7-22-10-12-23(13-11-22)29-37-20-40(39-29)24-14-16-25(17-15-24)44-32(33,34)35/h3-4,8-17,20-21,30,36,43H,5-7,18-19H2,1-2H3. The van der Waals surface area contributed by atoms with Crippen LogP contribution in [0.4, 0.5) is 18.9 Å². The molecule has 2 N–H and O–H groups in total. The number of carbonyl (C=O) groups excluding carboxylic acids is 1. The number of carbonyl (C=O) groups is 1. The zero-order valence-electron chi connectivity index (χ0n) is 24.7. The quantitative estimate of drug-likeness (QED) is 0.139. The van der Waals surface area contributed by atoms with E-state index in [0.29, 0.717) is 23.2 Å². The number of unbranched alkanes of at least 4 members (excludes halogenated alkanes) is 1. The van der Waals surface area contributed by atoms with E-state index in [9.17, 15) is 23.1 Å². The summed E-state index contributed by atoms with van der Waals surface area (Å²) in [4.78, 5) is 23.0. The van der Waals surface area contributed by atoms with Crippen molar-refractivity contribution < 1.29 is 27.8 Å². The number of aliphatic imine (C=N–C) groups is 1. The number of anilines is 1. The Morgan fingerprint density at radius 1 is 1.04 bits per heavy atom. The van der Waals surface area contributed by atoms with E-state index in [-0.39, 0.29) is 23.3 Å². The van der Waals surface area contributed by atoms with Gasteiger partial charge in [-0.05, 0) is 73.2 Å². The van der Waals surface area contributed by atoms with Gasteiger partial charge in [0.05, 0.1) is 17.1 Å². The maximum absolute atomic E-state index is 12.7. The summed E-state index contributed by atoms with van der Waals surface area (Å²) in [7, 11) is 0. The number of aliphatic hydroxyl groups is 1. The van der Waals surface area contributed by atoms with Crippen LogP contribution in [-0.4, -0.2) is 56.0 Å². The SMILES string of the molecule is CC(C)c1ccccc1N1C(=O)CSC1=NC(O)NCCCCc1ccc(-c2ncn(-c3ccc(OC(F)(F)F)cc3)n2)cc1. The first-order valence-corrected chi connectivity index (χ1v) is 15.5. The van der Waals surface area contributed by atoms with Gasteiger partial charge in [-0.2, -0.15) is 0 Å². The maximum Gasteiger partial charge on any atom is 0.573 e. The van der Waals surface area contributed by atoms with E-state index in [2.05, 4.69) is 39.0 Å². The lowest BCUT2D eigenvalue weighted by atomic mass is 10.0. The third-order valence-corrected chi connectivity index (χ3v) is 7.99. The van der Waals surface area contributed by atoms with Crippen LogP contribution in [0.2, 0.25) is 0 Å². The molecule has 0 radical (unpaired) electrons. The number of alkyl halides is 3. The minimum atomic E-state index is -4.75. The Bertz CT molecular complexity index is 1620. The minimum Gasteiger partial charge on any atom is -0.406 e. The van der Waals surface area contributed by atoms with Crippen molar-refractivity contribution in [2.24, 2.45) is 4.99 Å². The van der Waals surface area contributed by atoms with Crippen molar-refractivity contribution >= 4 is 28.5 Å². The molecule has 0 aliphatic carbocycles. The number of ether oxygens (including phenoxy) is 1. The van der Waals surface area contributed by atoms with E-state index < -0.39 is 12.7 Å². The Morgan fingerprint density at radius 2 is 1.78 bits per heavy atom. The normalized spacial score (nSPS) is 15.3. The van der Waals surface area contributed by atoms with Gasteiger partial charge in [0.15, 0.2) is 11.0 Å². The molecule has 2 heterocycles. The van der Waals surface area contributed by atoms with Crippen LogP contribution in [0, 0.1) is 0 Å². The summed E-state index contributed by atoms with van der Waals surface area (Å²) in [6, 6.07) is 21.0. The van der Waals surface area contributed by atoms with Gasteiger partial charge in [0.1, 0.15) is 12.1 Å². The summed E-state index contributed by atoms with van der Waals surface area (Å²) in [5.41, 5.74) is 4.35. The first kappa shape index (κ1) is 32.2. The van der Waals surface area contributed by atoms with Crippen molar-refractivity contribution in [1.29, 1.82) is 0 Å². The lowest BCUT2D eigenvalue weighted by Gasteiger charge is -2.22. The Kier molecular flexibility index (Phi) is 10.2. The molecule has 1 amide bonds. The van der Waals surface area contributed by atoms with Crippen LogP contribution in [0.3, 0.4) is 0 Å². The highest BCUT2D eigenvalue weighted by molar-refractivity contribution is 8.15. The van der Waals surface area contributed by atoms with Crippen LogP contribution in [0.1, 0.15) is 43.7 Å². The average Bonchev–Trinajstić information content (AvgIpc) is 3.64. The fourth-order valence-corrected chi connectivity index (χ4v) is 5.74. The summed E-state index contributed by atoms with van der Waals surface area (Å²) in [5.74, 6) is 0.652. The van der Waals surface area contributed by atoms with E-state index in [0.717, 1.165) is 41.6 Å². The molecule has 1 saturated heterocycles. The number of hydrogen-bond donors (Lipinski definition) is 2. The number of amides is 1. The maximum atomic E-state index is 12.7. The molecular formula is C32H33F3N6O3S. The smallest absolute Gasteiger partial charge is 0.406 e. The van der Waals surface area contributed by atoms with Crippen molar-refractivity contribution in [1.82, 2.24) is 20.1 Å². The third kappa shape index (κ3) is 8.50. The van der Waals surface area contributed by atoms with Crippen LogP contribution in [0.25, 0.3) is 17.1 Å². The second kappa shape index (κ2) is 14.3. The zero-order valence-corrected chi connectivity index (χ0v) is 25.6. The van der Waals surface area contributed by atoms with Crippen molar-refractivity contribution in [2.45, 2.75) is 51.7 Å². The first-order chi connectivity index (χ1) is 21.6. The number of amidine groups is 1. The molecule has 5 rings (SSSR count). The number of thioether (sulfide) groups is 1. The molecule has 13 heteroatoms. The highest BCUT2D eigenvalue weighted by Gasteiger charge is 2.32. The van der Waals surface area contributed by atoms with E-state index in [1.807, 2.05) is 48.5 Å². The topological polar surface area (TPSA) is 105 Å². The molecule has 1 aromatic heterocycles. The molecule has 1 atom stereocenters.